The Bertz CT molecular complexity index is 428. The Balaban J connectivity index is 1.66. The lowest BCUT2D eigenvalue weighted by atomic mass is 10.1. The van der Waals surface area contributed by atoms with Crippen LogP contribution < -0.4 is 5.32 Å². The van der Waals surface area contributed by atoms with E-state index in [4.69, 9.17) is 9.47 Å². The Morgan fingerprint density at radius 3 is 2.62 bits per heavy atom. The van der Waals surface area contributed by atoms with Gasteiger partial charge in [-0.15, -0.1) is 0 Å². The van der Waals surface area contributed by atoms with Crippen LogP contribution in [-0.4, -0.2) is 69.9 Å². The molecule has 122 valence electrons. The maximum atomic E-state index is 12.1. The van der Waals surface area contributed by atoms with Gasteiger partial charge in [0.15, 0.2) is 0 Å². The van der Waals surface area contributed by atoms with Gasteiger partial charge in [0.1, 0.15) is 0 Å². The highest BCUT2D eigenvalue weighted by molar-refractivity contribution is 7.89. The zero-order valence-corrected chi connectivity index (χ0v) is 13.1. The average molecular weight is 320 g/mol. The Hall–Kier alpha value is -0.700. The molecule has 0 bridgehead atoms. The number of carbonyl (C=O) groups is 1. The van der Waals surface area contributed by atoms with Gasteiger partial charge >= 0.3 is 0 Å². The largest absolute Gasteiger partial charge is 0.379 e. The van der Waals surface area contributed by atoms with Gasteiger partial charge in [-0.05, 0) is 19.3 Å². The molecule has 1 amide bonds. The summed E-state index contributed by atoms with van der Waals surface area (Å²) >= 11 is 0. The molecule has 0 aliphatic carbocycles. The number of carbonyl (C=O) groups excluding carboxylic acids is 1. The van der Waals surface area contributed by atoms with Crippen LogP contribution in [0.3, 0.4) is 0 Å². The molecule has 0 radical (unpaired) electrons. The van der Waals surface area contributed by atoms with E-state index in [1.165, 1.54) is 4.31 Å². The molecule has 2 heterocycles. The molecular weight excluding hydrogens is 296 g/mol. The van der Waals surface area contributed by atoms with Crippen molar-refractivity contribution in [3.63, 3.8) is 0 Å². The van der Waals surface area contributed by atoms with E-state index in [2.05, 4.69) is 5.32 Å². The summed E-state index contributed by atoms with van der Waals surface area (Å²) in [4.78, 5) is 11.8. The molecule has 1 atom stereocenters. The second-order valence-corrected chi connectivity index (χ2v) is 7.46. The first-order chi connectivity index (χ1) is 10.1. The molecule has 7 nitrogen and oxygen atoms in total. The van der Waals surface area contributed by atoms with Gasteiger partial charge in [0.05, 0.1) is 31.5 Å². The van der Waals surface area contributed by atoms with Crippen molar-refractivity contribution in [2.45, 2.75) is 31.8 Å². The number of nitrogens with one attached hydrogen (secondary N) is 1. The van der Waals surface area contributed by atoms with Crippen LogP contribution in [0.1, 0.15) is 25.7 Å². The number of morpholine rings is 1. The first-order valence-corrected chi connectivity index (χ1v) is 9.13. The lowest BCUT2D eigenvalue weighted by Crippen LogP contribution is -2.44. The smallest absolute Gasteiger partial charge is 0.222 e. The van der Waals surface area contributed by atoms with Gasteiger partial charge in [0.25, 0.3) is 0 Å². The van der Waals surface area contributed by atoms with E-state index in [-0.39, 0.29) is 24.3 Å². The van der Waals surface area contributed by atoms with Gasteiger partial charge in [0, 0.05) is 26.2 Å². The number of amides is 1. The highest BCUT2D eigenvalue weighted by Gasteiger charge is 2.24. The lowest BCUT2D eigenvalue weighted by molar-refractivity contribution is -0.124. The number of sulfonamides is 1. The summed E-state index contributed by atoms with van der Waals surface area (Å²) in [5, 5.41) is 2.67. The van der Waals surface area contributed by atoms with Crippen LogP contribution in [0.15, 0.2) is 0 Å². The minimum absolute atomic E-state index is 0.0189. The molecule has 0 spiro atoms. The number of hydrogen-bond donors (Lipinski definition) is 1. The zero-order chi connectivity index (χ0) is 15.1. The SMILES string of the molecule is O=C(CC1CCCCO1)NCCS(=O)(=O)N1CCOCC1. The molecule has 8 heteroatoms. The molecule has 2 fully saturated rings. The fraction of sp³-hybridized carbons (Fsp3) is 0.923. The van der Waals surface area contributed by atoms with Crippen molar-refractivity contribution < 1.29 is 22.7 Å². The predicted molar refractivity (Wildman–Crippen MR) is 77.4 cm³/mol. The van der Waals surface area contributed by atoms with E-state index >= 15 is 0 Å². The molecular formula is C13H24N2O5S. The van der Waals surface area contributed by atoms with Gasteiger partial charge in [-0.1, -0.05) is 0 Å². The third kappa shape index (κ3) is 5.54. The number of hydrogen-bond acceptors (Lipinski definition) is 5. The third-order valence-electron chi connectivity index (χ3n) is 3.73. The number of nitrogens with zero attached hydrogens (tertiary/aromatic N) is 1. The fourth-order valence-corrected chi connectivity index (χ4v) is 3.84. The van der Waals surface area contributed by atoms with E-state index in [1.807, 2.05) is 0 Å². The maximum Gasteiger partial charge on any atom is 0.222 e. The van der Waals surface area contributed by atoms with E-state index in [9.17, 15) is 13.2 Å². The standard InChI is InChI=1S/C13H24N2O5S/c16-13(11-12-3-1-2-7-20-12)14-4-10-21(17,18)15-5-8-19-9-6-15/h12H,1-11H2,(H,14,16). The molecule has 0 aromatic carbocycles. The molecule has 2 aliphatic rings. The Labute approximate surface area is 126 Å². The quantitative estimate of drug-likeness (QED) is 0.728. The molecule has 1 N–H and O–H groups in total. The van der Waals surface area contributed by atoms with E-state index in [0.29, 0.717) is 39.3 Å². The summed E-state index contributed by atoms with van der Waals surface area (Å²) in [7, 11) is -3.30. The van der Waals surface area contributed by atoms with E-state index in [1.54, 1.807) is 0 Å². The normalized spacial score (nSPS) is 24.7. The van der Waals surface area contributed by atoms with Crippen molar-refractivity contribution in [1.29, 1.82) is 0 Å². The average Bonchev–Trinajstić information content (AvgIpc) is 2.49. The van der Waals surface area contributed by atoms with Gasteiger partial charge in [-0.25, -0.2) is 8.42 Å². The van der Waals surface area contributed by atoms with Crippen LogP contribution in [-0.2, 0) is 24.3 Å². The first-order valence-electron chi connectivity index (χ1n) is 7.52. The summed E-state index contributed by atoms with van der Waals surface area (Å²) in [6.45, 7) is 2.52. The Kier molecular flexibility index (Phi) is 6.40. The number of rotatable bonds is 6. The second-order valence-electron chi connectivity index (χ2n) is 5.37. The van der Waals surface area contributed by atoms with Crippen molar-refractivity contribution >= 4 is 15.9 Å². The molecule has 0 aromatic rings. The van der Waals surface area contributed by atoms with Crippen molar-refractivity contribution in [3.8, 4) is 0 Å². The molecule has 2 aliphatic heterocycles. The predicted octanol–water partition coefficient (Wildman–Crippen LogP) is -0.276. The van der Waals surface area contributed by atoms with Gasteiger partial charge in [0.2, 0.25) is 15.9 Å². The topological polar surface area (TPSA) is 84.9 Å². The van der Waals surface area contributed by atoms with Crippen LogP contribution >= 0.6 is 0 Å². The fourth-order valence-electron chi connectivity index (χ4n) is 2.52. The Morgan fingerprint density at radius 2 is 1.95 bits per heavy atom. The van der Waals surface area contributed by atoms with Crippen LogP contribution in [0.25, 0.3) is 0 Å². The summed E-state index contributed by atoms with van der Waals surface area (Å²) in [5.74, 6) is -0.205. The molecule has 21 heavy (non-hydrogen) atoms. The van der Waals surface area contributed by atoms with Crippen molar-refractivity contribution in [3.05, 3.63) is 0 Å². The first kappa shape index (κ1) is 16.7. The van der Waals surface area contributed by atoms with Crippen LogP contribution in [0.4, 0.5) is 0 Å². The minimum atomic E-state index is -3.30. The van der Waals surface area contributed by atoms with E-state index in [0.717, 1.165) is 19.3 Å². The van der Waals surface area contributed by atoms with Crippen molar-refractivity contribution in [2.75, 3.05) is 45.2 Å². The summed E-state index contributed by atoms with van der Waals surface area (Å²) in [6, 6.07) is 0. The second kappa shape index (κ2) is 8.07. The summed E-state index contributed by atoms with van der Waals surface area (Å²) in [5.41, 5.74) is 0. The van der Waals surface area contributed by atoms with Crippen molar-refractivity contribution in [2.24, 2.45) is 0 Å². The van der Waals surface area contributed by atoms with E-state index < -0.39 is 10.0 Å². The van der Waals surface area contributed by atoms with Crippen LogP contribution in [0.5, 0.6) is 0 Å². The maximum absolute atomic E-state index is 12.1. The molecule has 0 aromatic heterocycles. The molecule has 2 saturated heterocycles. The molecule has 0 saturated carbocycles. The summed E-state index contributed by atoms with van der Waals surface area (Å²) < 4.78 is 36.1. The number of ether oxygens (including phenoxy) is 2. The lowest BCUT2D eigenvalue weighted by Gasteiger charge is -2.26. The van der Waals surface area contributed by atoms with Gasteiger partial charge < -0.3 is 14.8 Å². The van der Waals surface area contributed by atoms with Crippen LogP contribution in [0, 0.1) is 0 Å². The van der Waals surface area contributed by atoms with Crippen molar-refractivity contribution in [1.82, 2.24) is 9.62 Å². The summed E-state index contributed by atoms with van der Waals surface area (Å²) in [6.07, 6.45) is 3.34. The van der Waals surface area contributed by atoms with Gasteiger partial charge in [-0.2, -0.15) is 4.31 Å². The molecule has 1 unspecified atom stereocenters. The minimum Gasteiger partial charge on any atom is -0.379 e. The highest BCUT2D eigenvalue weighted by atomic mass is 32.2. The van der Waals surface area contributed by atoms with Crippen LogP contribution in [0.2, 0.25) is 0 Å². The molecule has 2 rings (SSSR count). The third-order valence-corrected chi connectivity index (χ3v) is 5.60. The monoisotopic (exact) mass is 320 g/mol. The zero-order valence-electron chi connectivity index (χ0n) is 12.3. The highest BCUT2D eigenvalue weighted by Crippen LogP contribution is 2.15. The Morgan fingerprint density at radius 1 is 1.19 bits per heavy atom. The van der Waals surface area contributed by atoms with Gasteiger partial charge in [-0.3, -0.25) is 4.79 Å².